The van der Waals surface area contributed by atoms with Crippen molar-refractivity contribution in [3.8, 4) is 0 Å². The zero-order valence-corrected chi connectivity index (χ0v) is 40.2. The van der Waals surface area contributed by atoms with E-state index in [0.29, 0.717) is 37.2 Å². The van der Waals surface area contributed by atoms with E-state index in [2.05, 4.69) is 57.7 Å². The highest BCUT2D eigenvalue weighted by atomic mass is 16.4. The van der Waals surface area contributed by atoms with Crippen molar-refractivity contribution in [2.75, 3.05) is 58.9 Å². The Morgan fingerprint density at radius 1 is 0.662 bits per heavy atom. The molecule has 1 aliphatic heterocycles. The third-order valence-corrected chi connectivity index (χ3v) is 11.4. The molecule has 4 rings (SSSR count). The molecule has 0 bridgehead atoms. The Bertz CT molecular complexity index is 1990. The van der Waals surface area contributed by atoms with E-state index in [1.165, 1.54) is 4.68 Å². The zero-order valence-electron chi connectivity index (χ0n) is 40.2. The Kier molecular flexibility index (Phi) is 24.1. The third-order valence-electron chi connectivity index (χ3n) is 11.4. The van der Waals surface area contributed by atoms with E-state index in [4.69, 9.17) is 5.73 Å². The molecule has 1 aromatic heterocycles. The molecule has 0 radical (unpaired) electrons. The van der Waals surface area contributed by atoms with Gasteiger partial charge in [0.25, 0.3) is 0 Å². The van der Waals surface area contributed by atoms with E-state index in [1.54, 1.807) is 68.6 Å². The first kappa shape index (κ1) is 54.8. The fraction of sp³-hybridized carbons (Fsp3) is 0.583. The Morgan fingerprint density at radius 2 is 1.19 bits per heavy atom. The maximum Gasteiger partial charge on any atom is 0.326 e. The number of carbonyl (C=O) groups excluding carboxylic acids is 5. The molecular formula is C48H75N13O7. The van der Waals surface area contributed by atoms with Crippen LogP contribution in [0.4, 0.5) is 0 Å². The second-order valence-electron chi connectivity index (χ2n) is 18.1. The van der Waals surface area contributed by atoms with Crippen LogP contribution in [0.3, 0.4) is 0 Å². The largest absolute Gasteiger partial charge is 0.480 e. The van der Waals surface area contributed by atoms with Crippen LogP contribution in [-0.4, -0.2) is 150 Å². The molecule has 11 N–H and O–H groups in total. The number of aliphatic carboxylic acids is 1. The number of unbranched alkanes of at least 4 members (excludes halogenated alkanes) is 1. The molecule has 374 valence electrons. The molecular weight excluding hydrogens is 871 g/mol. The average Bonchev–Trinajstić information content (AvgIpc) is 3.74. The number of hydrogen-bond acceptors (Lipinski definition) is 13. The van der Waals surface area contributed by atoms with Gasteiger partial charge in [0.1, 0.15) is 36.8 Å². The molecule has 3 aromatic rings. The van der Waals surface area contributed by atoms with Gasteiger partial charge in [-0.3, -0.25) is 28.9 Å². The van der Waals surface area contributed by atoms with Crippen molar-refractivity contribution in [3.05, 3.63) is 83.7 Å². The van der Waals surface area contributed by atoms with Crippen molar-refractivity contribution in [1.82, 2.24) is 62.4 Å². The minimum Gasteiger partial charge on any atom is -0.480 e. The number of carboxylic acid groups (broad SMARTS) is 1. The lowest BCUT2D eigenvalue weighted by atomic mass is 9.98. The van der Waals surface area contributed by atoms with Gasteiger partial charge in [0.2, 0.25) is 29.5 Å². The Labute approximate surface area is 400 Å². The number of carbonyl (C=O) groups is 6. The van der Waals surface area contributed by atoms with Gasteiger partial charge >= 0.3 is 5.97 Å². The molecule has 1 fully saturated rings. The summed E-state index contributed by atoms with van der Waals surface area (Å²) < 4.78 is 1.44. The van der Waals surface area contributed by atoms with Crippen molar-refractivity contribution in [1.29, 1.82) is 0 Å². The van der Waals surface area contributed by atoms with E-state index in [9.17, 15) is 33.9 Å². The number of benzene rings is 2. The van der Waals surface area contributed by atoms with Gasteiger partial charge in [0.05, 0.1) is 11.9 Å². The first-order valence-corrected chi connectivity index (χ1v) is 24.0. The highest BCUT2D eigenvalue weighted by molar-refractivity contribution is 5.96. The number of aromatic nitrogens is 3. The summed E-state index contributed by atoms with van der Waals surface area (Å²) in [6.07, 6.45) is 3.41. The second-order valence-corrected chi connectivity index (χ2v) is 18.1. The molecule has 1 saturated heterocycles. The Hall–Kier alpha value is -5.80. The molecule has 0 spiro atoms. The van der Waals surface area contributed by atoms with Gasteiger partial charge in [0, 0.05) is 71.7 Å². The van der Waals surface area contributed by atoms with Gasteiger partial charge in [-0.15, -0.1) is 5.10 Å². The number of amides is 5. The fourth-order valence-electron chi connectivity index (χ4n) is 7.75. The van der Waals surface area contributed by atoms with E-state index in [-0.39, 0.29) is 38.1 Å². The Balaban J connectivity index is 1.43. The topological polar surface area (TPSA) is 279 Å². The van der Waals surface area contributed by atoms with Crippen LogP contribution in [0.2, 0.25) is 0 Å². The molecule has 5 atom stereocenters. The molecule has 0 aliphatic carbocycles. The molecule has 2 aromatic carbocycles. The zero-order chi connectivity index (χ0) is 49.3. The second kappa shape index (κ2) is 29.8. The molecule has 20 nitrogen and oxygen atoms in total. The van der Waals surface area contributed by atoms with E-state index in [0.717, 1.165) is 57.9 Å². The normalized spacial score (nSPS) is 16.2. The number of nitrogens with one attached hydrogen (secondary N) is 8. The summed E-state index contributed by atoms with van der Waals surface area (Å²) in [4.78, 5) is 84.2. The lowest BCUT2D eigenvalue weighted by Gasteiger charge is -2.29. The average molecular weight is 946 g/mol. The van der Waals surface area contributed by atoms with Gasteiger partial charge in [-0.2, -0.15) is 0 Å². The quantitative estimate of drug-likeness (QED) is 0.0489. The van der Waals surface area contributed by atoms with E-state index in [1.807, 2.05) is 26.0 Å². The molecule has 0 saturated carbocycles. The number of nitrogens with two attached hydrogens (primary N) is 1. The van der Waals surface area contributed by atoms with Crippen molar-refractivity contribution < 1.29 is 33.9 Å². The predicted octanol–water partition coefficient (Wildman–Crippen LogP) is -0.312. The molecule has 5 amide bonds. The van der Waals surface area contributed by atoms with Crippen LogP contribution >= 0.6 is 0 Å². The number of carboxylic acids is 1. The molecule has 1 aliphatic rings. The summed E-state index contributed by atoms with van der Waals surface area (Å²) in [5.74, 6) is -4.79. The molecule has 20 heteroatoms. The van der Waals surface area contributed by atoms with Crippen molar-refractivity contribution in [2.24, 2.45) is 17.6 Å². The number of hydrogen-bond donors (Lipinski definition) is 10. The minimum absolute atomic E-state index is 0.0240. The molecule has 68 heavy (non-hydrogen) atoms. The van der Waals surface area contributed by atoms with Gasteiger partial charge in [-0.1, -0.05) is 93.6 Å². The highest BCUT2D eigenvalue weighted by Crippen LogP contribution is 2.12. The van der Waals surface area contributed by atoms with Crippen LogP contribution < -0.4 is 48.3 Å². The van der Waals surface area contributed by atoms with Crippen LogP contribution in [0.25, 0.3) is 0 Å². The maximum absolute atomic E-state index is 14.1. The summed E-state index contributed by atoms with van der Waals surface area (Å²) in [6.45, 7) is 14.9. The van der Waals surface area contributed by atoms with E-state index < -0.39 is 71.6 Å². The first-order valence-electron chi connectivity index (χ1n) is 24.0. The lowest BCUT2D eigenvalue weighted by molar-refractivity contribution is -0.142. The Morgan fingerprint density at radius 3 is 1.75 bits per heavy atom. The van der Waals surface area contributed by atoms with Crippen molar-refractivity contribution in [3.63, 3.8) is 0 Å². The van der Waals surface area contributed by atoms with Crippen LogP contribution in [0.1, 0.15) is 70.2 Å². The van der Waals surface area contributed by atoms with Gasteiger partial charge < -0.3 is 53.4 Å². The van der Waals surface area contributed by atoms with Gasteiger partial charge in [-0.25, -0.2) is 9.48 Å². The standard InChI is InChI=1S/C48H75N13O7/c1-33(2)27-39(54-44(63)38(17-11-12-18-49)53-42(62)32-61-31-37(58-59-61)30-60-25-23-51-21-19-50-20-22-52-24-26-60)46(65)57-43(34(3)4)47(66)55-40(28-35-13-7-5-8-14-35)45(64)56-41(48(67)68)29-36-15-9-6-10-16-36/h5-10,13-16,31,33-34,38-41,43,50-52H,11-12,17-30,32,49H2,1-4H3,(H,53,62)(H,54,63)(H,55,66)(H,56,64)(H,57,65)(H,67,68)/t38-,39-,40-,41-,43-/m0/s1. The maximum atomic E-state index is 14.1. The molecule has 0 unspecified atom stereocenters. The predicted molar refractivity (Wildman–Crippen MR) is 259 cm³/mol. The fourth-order valence-corrected chi connectivity index (χ4v) is 7.75. The summed E-state index contributed by atoms with van der Waals surface area (Å²) >= 11 is 0. The third kappa shape index (κ3) is 20.2. The van der Waals surface area contributed by atoms with Crippen molar-refractivity contribution in [2.45, 2.75) is 110 Å². The van der Waals surface area contributed by atoms with Crippen LogP contribution in [0, 0.1) is 11.8 Å². The first-order chi connectivity index (χ1) is 32.7. The van der Waals surface area contributed by atoms with Gasteiger partial charge in [0.15, 0.2) is 0 Å². The highest BCUT2D eigenvalue weighted by Gasteiger charge is 2.34. The minimum atomic E-state index is -1.28. The van der Waals surface area contributed by atoms with E-state index >= 15 is 0 Å². The number of nitrogens with zero attached hydrogens (tertiary/aromatic N) is 4. The smallest absolute Gasteiger partial charge is 0.326 e. The summed E-state index contributed by atoms with van der Waals surface area (Å²) in [5.41, 5.74) is 7.91. The van der Waals surface area contributed by atoms with Crippen LogP contribution in [0.5, 0.6) is 0 Å². The van der Waals surface area contributed by atoms with Crippen molar-refractivity contribution >= 4 is 35.5 Å². The van der Waals surface area contributed by atoms with Crippen LogP contribution in [0.15, 0.2) is 66.9 Å². The number of rotatable bonds is 25. The summed E-state index contributed by atoms with van der Waals surface area (Å²) in [6, 6.07) is 12.2. The summed E-state index contributed by atoms with van der Waals surface area (Å²) in [7, 11) is 0. The summed E-state index contributed by atoms with van der Waals surface area (Å²) in [5, 5.41) is 42.7. The monoisotopic (exact) mass is 946 g/mol. The van der Waals surface area contributed by atoms with Crippen LogP contribution in [-0.2, 0) is 54.7 Å². The molecule has 2 heterocycles. The SMILES string of the molecule is CC(C)C[C@H](NC(=O)[C@H](CCCCN)NC(=O)Cn1cc(CN2CCNCCNCCNCC2)nn1)C(=O)N[C@H](C(=O)N[C@@H](Cc1ccccc1)C(=O)N[C@@H](Cc1ccccc1)C(=O)O)C(C)C. The van der Waals surface area contributed by atoms with Gasteiger partial charge in [-0.05, 0) is 55.2 Å². The lowest BCUT2D eigenvalue weighted by Crippen LogP contribution is -2.60.